The lowest BCUT2D eigenvalue weighted by atomic mass is 11.3. The molecule has 0 aliphatic carbocycles. The van der Waals surface area contributed by atoms with Gasteiger partial charge < -0.3 is 0 Å². The van der Waals surface area contributed by atoms with Gasteiger partial charge in [0.15, 0.2) is 0 Å². The second-order valence-corrected chi connectivity index (χ2v) is 5.60. The summed E-state index contributed by atoms with van der Waals surface area (Å²) in [7, 11) is 6.42. The molecule has 0 heterocycles. The molecule has 0 atom stereocenters. The minimum absolute atomic E-state index is 1.69. The molecule has 0 rings (SSSR count). The molecule has 0 aromatic heterocycles. The van der Waals surface area contributed by atoms with E-state index >= 15 is 0 Å². The molecule has 1 N–H and O–H groups in total. The molecule has 0 saturated heterocycles. The van der Waals surface area contributed by atoms with Gasteiger partial charge in [-0.15, -0.1) is 0 Å². The van der Waals surface area contributed by atoms with E-state index < -0.39 is 7.59 Å². The first-order chi connectivity index (χ1) is 4.45. The Morgan fingerprint density at radius 2 is 1.40 bits per heavy atom. The summed E-state index contributed by atoms with van der Waals surface area (Å²) in [4.78, 5) is 0. The predicted octanol–water partition coefficient (Wildman–Crippen LogP) is 0.437. The third-order valence-corrected chi connectivity index (χ3v) is 4.13. The molecule has 0 aliphatic rings. The first-order valence-corrected chi connectivity index (χ1v) is 4.71. The maximum atomic E-state index is 11.7. The molecule has 0 aromatic carbocycles. The van der Waals surface area contributed by atoms with Gasteiger partial charge in [0.05, 0.1) is 0 Å². The summed E-state index contributed by atoms with van der Waals surface area (Å²) in [5.41, 5.74) is 0. The highest BCUT2D eigenvalue weighted by molar-refractivity contribution is 7.56. The third-order valence-electron chi connectivity index (χ3n) is 1.38. The standard InChI is InChI=1S/C5H16N3OP/c1-6-10(9,7(2)3)8(4)5/h1-5H3,(H,6,9). The van der Waals surface area contributed by atoms with Crippen LogP contribution in [0.3, 0.4) is 0 Å². The smallest absolute Gasteiger partial charge is 0.271 e. The number of nitrogens with one attached hydrogen (secondary N) is 1. The van der Waals surface area contributed by atoms with E-state index in [0.717, 1.165) is 0 Å². The molecule has 62 valence electrons. The molecule has 0 radical (unpaired) electrons. The third kappa shape index (κ3) is 1.80. The van der Waals surface area contributed by atoms with Crippen LogP contribution < -0.4 is 5.09 Å². The van der Waals surface area contributed by atoms with Gasteiger partial charge in [0.1, 0.15) is 0 Å². The second kappa shape index (κ2) is 3.49. The van der Waals surface area contributed by atoms with E-state index in [0.29, 0.717) is 0 Å². The van der Waals surface area contributed by atoms with Crippen molar-refractivity contribution < 1.29 is 4.57 Å². The van der Waals surface area contributed by atoms with E-state index in [9.17, 15) is 4.57 Å². The highest BCUT2D eigenvalue weighted by Crippen LogP contribution is 2.43. The van der Waals surface area contributed by atoms with E-state index in [2.05, 4.69) is 5.09 Å². The van der Waals surface area contributed by atoms with Crippen molar-refractivity contribution in [1.29, 1.82) is 0 Å². The Morgan fingerprint density at radius 3 is 1.40 bits per heavy atom. The van der Waals surface area contributed by atoms with Crippen LogP contribution in [0.5, 0.6) is 0 Å². The lowest BCUT2D eigenvalue weighted by molar-refractivity contribution is 0.438. The molecule has 4 nitrogen and oxygen atoms in total. The number of hydrogen-bond donors (Lipinski definition) is 1. The Morgan fingerprint density at radius 1 is 1.10 bits per heavy atom. The zero-order valence-corrected chi connectivity index (χ0v) is 8.14. The van der Waals surface area contributed by atoms with Crippen molar-refractivity contribution >= 4 is 7.59 Å². The number of hydrogen-bond acceptors (Lipinski definition) is 1. The lowest BCUT2D eigenvalue weighted by Crippen LogP contribution is -2.28. The van der Waals surface area contributed by atoms with Crippen molar-refractivity contribution in [2.45, 2.75) is 0 Å². The van der Waals surface area contributed by atoms with Crippen LogP contribution in [0.1, 0.15) is 0 Å². The molecule has 0 bridgehead atoms. The van der Waals surface area contributed by atoms with Crippen LogP contribution in [0.25, 0.3) is 0 Å². The molecule has 0 fully saturated rings. The number of rotatable bonds is 3. The average Bonchev–Trinajstić information content (AvgIpc) is 1.85. The normalized spacial score (nSPS) is 13.1. The first kappa shape index (κ1) is 10.1. The molecular weight excluding hydrogens is 149 g/mol. The molecule has 0 spiro atoms. The molecule has 0 aliphatic heterocycles. The van der Waals surface area contributed by atoms with Crippen molar-refractivity contribution in [3.63, 3.8) is 0 Å². The second-order valence-electron chi connectivity index (χ2n) is 2.46. The molecule has 0 amide bonds. The van der Waals surface area contributed by atoms with Crippen molar-refractivity contribution in [3.05, 3.63) is 0 Å². The van der Waals surface area contributed by atoms with E-state index in [1.165, 1.54) is 0 Å². The topological polar surface area (TPSA) is 35.6 Å². The summed E-state index contributed by atoms with van der Waals surface area (Å²) in [6.07, 6.45) is 0. The summed E-state index contributed by atoms with van der Waals surface area (Å²) < 4.78 is 15.1. The van der Waals surface area contributed by atoms with Gasteiger partial charge in [-0.2, -0.15) is 0 Å². The molecule has 0 saturated carbocycles. The van der Waals surface area contributed by atoms with Crippen LogP contribution in [0.15, 0.2) is 0 Å². The SMILES string of the molecule is CNP(=O)(N(C)C)N(C)C. The van der Waals surface area contributed by atoms with Crippen LogP contribution in [0.2, 0.25) is 0 Å². The van der Waals surface area contributed by atoms with E-state index in [-0.39, 0.29) is 0 Å². The summed E-state index contributed by atoms with van der Waals surface area (Å²) in [5.74, 6) is 0. The summed E-state index contributed by atoms with van der Waals surface area (Å²) in [5, 5.41) is 2.78. The molecule has 10 heavy (non-hydrogen) atoms. The van der Waals surface area contributed by atoms with Gasteiger partial charge in [0, 0.05) is 0 Å². The zero-order chi connectivity index (χ0) is 8.36. The summed E-state index contributed by atoms with van der Waals surface area (Å²) in [6, 6.07) is 0. The van der Waals surface area contributed by atoms with Crippen LogP contribution in [-0.4, -0.2) is 44.6 Å². The molecular formula is C5H16N3OP. The molecule has 0 aromatic rings. The van der Waals surface area contributed by atoms with Gasteiger partial charge in [0.25, 0.3) is 7.59 Å². The van der Waals surface area contributed by atoms with E-state index in [4.69, 9.17) is 0 Å². The van der Waals surface area contributed by atoms with Gasteiger partial charge in [-0.3, -0.25) is 4.57 Å². The Labute approximate surface area is 62.7 Å². The van der Waals surface area contributed by atoms with Crippen LogP contribution in [0.4, 0.5) is 0 Å². The Kier molecular flexibility index (Phi) is 3.52. The Hall–Kier alpha value is 0.110. The van der Waals surface area contributed by atoms with Crippen molar-refractivity contribution in [2.24, 2.45) is 0 Å². The van der Waals surface area contributed by atoms with Gasteiger partial charge in [-0.05, 0) is 35.2 Å². The van der Waals surface area contributed by atoms with E-state index in [1.807, 2.05) is 0 Å². The maximum absolute atomic E-state index is 11.7. The zero-order valence-electron chi connectivity index (χ0n) is 7.25. The Bertz CT molecular complexity index is 134. The lowest BCUT2D eigenvalue weighted by Gasteiger charge is -2.29. The largest absolute Gasteiger partial charge is 0.282 e. The van der Waals surface area contributed by atoms with Gasteiger partial charge in [0.2, 0.25) is 0 Å². The minimum Gasteiger partial charge on any atom is -0.271 e. The van der Waals surface area contributed by atoms with Crippen LogP contribution in [0, 0.1) is 0 Å². The molecule has 0 unspecified atom stereocenters. The fourth-order valence-electron chi connectivity index (χ4n) is 0.758. The monoisotopic (exact) mass is 165 g/mol. The van der Waals surface area contributed by atoms with Crippen molar-refractivity contribution in [1.82, 2.24) is 14.4 Å². The number of nitrogens with zero attached hydrogens (tertiary/aromatic N) is 2. The predicted molar refractivity (Wildman–Crippen MR) is 44.0 cm³/mol. The van der Waals surface area contributed by atoms with Crippen LogP contribution >= 0.6 is 7.59 Å². The highest BCUT2D eigenvalue weighted by atomic mass is 31.2. The fourth-order valence-corrected chi connectivity index (χ4v) is 2.27. The van der Waals surface area contributed by atoms with Gasteiger partial charge >= 0.3 is 0 Å². The van der Waals surface area contributed by atoms with Gasteiger partial charge in [-0.25, -0.2) is 14.4 Å². The highest BCUT2D eigenvalue weighted by Gasteiger charge is 2.24. The average molecular weight is 165 g/mol. The summed E-state index contributed by atoms with van der Waals surface area (Å²) >= 11 is 0. The van der Waals surface area contributed by atoms with Crippen LogP contribution in [-0.2, 0) is 4.57 Å². The van der Waals surface area contributed by atoms with E-state index in [1.54, 1.807) is 44.6 Å². The molecule has 5 heteroatoms. The minimum atomic E-state index is -2.43. The summed E-state index contributed by atoms with van der Waals surface area (Å²) in [6.45, 7) is 0. The van der Waals surface area contributed by atoms with Crippen molar-refractivity contribution in [2.75, 3.05) is 35.2 Å². The first-order valence-electron chi connectivity index (χ1n) is 3.10. The maximum Gasteiger partial charge on any atom is 0.282 e. The fraction of sp³-hybridized carbons (Fsp3) is 1.00. The van der Waals surface area contributed by atoms with Crippen molar-refractivity contribution in [3.8, 4) is 0 Å². The van der Waals surface area contributed by atoms with Gasteiger partial charge in [-0.1, -0.05) is 0 Å². The quantitative estimate of drug-likeness (QED) is 0.615. The Balaban J connectivity index is 4.40.